The molecule has 21 heavy (non-hydrogen) atoms. The Morgan fingerprint density at radius 1 is 1.05 bits per heavy atom. The van der Waals surface area contributed by atoms with Gasteiger partial charge in [-0.25, -0.2) is 0 Å². The van der Waals surface area contributed by atoms with Crippen molar-refractivity contribution in [2.75, 3.05) is 7.11 Å². The first-order valence-corrected chi connectivity index (χ1v) is 7.72. The van der Waals surface area contributed by atoms with Crippen molar-refractivity contribution in [3.63, 3.8) is 0 Å². The fourth-order valence-corrected chi connectivity index (χ4v) is 3.60. The SMILES string of the molecule is COc1ccc(CCc2c(C=O)sc3ccccc23)cc1. The third kappa shape index (κ3) is 2.83. The van der Waals surface area contributed by atoms with Crippen molar-refractivity contribution in [1.29, 1.82) is 0 Å². The Labute approximate surface area is 128 Å². The zero-order valence-corrected chi connectivity index (χ0v) is 12.7. The van der Waals surface area contributed by atoms with E-state index in [9.17, 15) is 4.79 Å². The second kappa shape index (κ2) is 6.10. The van der Waals surface area contributed by atoms with E-state index >= 15 is 0 Å². The summed E-state index contributed by atoms with van der Waals surface area (Å²) in [6.07, 6.45) is 2.78. The maximum absolute atomic E-state index is 11.3. The predicted molar refractivity (Wildman–Crippen MR) is 87.6 cm³/mol. The van der Waals surface area contributed by atoms with Crippen molar-refractivity contribution in [2.45, 2.75) is 12.8 Å². The molecular weight excluding hydrogens is 280 g/mol. The fourth-order valence-electron chi connectivity index (χ4n) is 2.53. The Kier molecular flexibility index (Phi) is 4.02. The number of carbonyl (C=O) groups excluding carboxylic acids is 1. The molecule has 0 spiro atoms. The summed E-state index contributed by atoms with van der Waals surface area (Å²) in [7, 11) is 1.67. The van der Waals surface area contributed by atoms with Crippen molar-refractivity contribution in [2.24, 2.45) is 0 Å². The van der Waals surface area contributed by atoms with Gasteiger partial charge in [-0.1, -0.05) is 30.3 Å². The predicted octanol–water partition coefficient (Wildman–Crippen LogP) is 4.51. The Balaban J connectivity index is 1.85. The Hall–Kier alpha value is -2.13. The largest absolute Gasteiger partial charge is 0.497 e. The highest BCUT2D eigenvalue weighted by atomic mass is 32.1. The molecule has 0 amide bonds. The lowest BCUT2D eigenvalue weighted by atomic mass is 10.0. The van der Waals surface area contributed by atoms with E-state index in [0.29, 0.717) is 0 Å². The van der Waals surface area contributed by atoms with Gasteiger partial charge in [-0.05, 0) is 47.6 Å². The molecule has 0 atom stereocenters. The summed E-state index contributed by atoms with van der Waals surface area (Å²) in [5.74, 6) is 0.869. The number of methoxy groups -OCH3 is 1. The summed E-state index contributed by atoms with van der Waals surface area (Å²) >= 11 is 1.58. The molecule has 1 aromatic heterocycles. The number of carbonyl (C=O) groups is 1. The van der Waals surface area contributed by atoms with Crippen LogP contribution in [0, 0.1) is 0 Å². The molecule has 0 aliphatic carbocycles. The molecule has 0 bridgehead atoms. The van der Waals surface area contributed by atoms with Crippen molar-refractivity contribution in [3.05, 3.63) is 64.5 Å². The summed E-state index contributed by atoms with van der Waals surface area (Å²) in [6.45, 7) is 0. The maximum atomic E-state index is 11.3. The molecule has 1 heterocycles. The van der Waals surface area contributed by atoms with Crippen LogP contribution < -0.4 is 4.74 Å². The minimum absolute atomic E-state index is 0.852. The van der Waals surface area contributed by atoms with Crippen LogP contribution in [0.3, 0.4) is 0 Å². The summed E-state index contributed by atoms with van der Waals surface area (Å²) in [4.78, 5) is 12.1. The number of hydrogen-bond donors (Lipinski definition) is 0. The second-order valence-electron chi connectivity index (χ2n) is 4.91. The Morgan fingerprint density at radius 3 is 2.52 bits per heavy atom. The zero-order chi connectivity index (χ0) is 14.7. The molecular formula is C18H16O2S. The highest BCUT2D eigenvalue weighted by molar-refractivity contribution is 7.20. The normalized spacial score (nSPS) is 10.7. The summed E-state index contributed by atoms with van der Waals surface area (Å²) in [5, 5.41) is 1.21. The van der Waals surface area contributed by atoms with Gasteiger partial charge < -0.3 is 4.74 Å². The maximum Gasteiger partial charge on any atom is 0.160 e. The van der Waals surface area contributed by atoms with Crippen LogP contribution in [-0.4, -0.2) is 13.4 Å². The molecule has 3 rings (SSSR count). The molecule has 0 N–H and O–H groups in total. The summed E-state index contributed by atoms with van der Waals surface area (Å²) in [5.41, 5.74) is 2.42. The monoisotopic (exact) mass is 296 g/mol. The first-order chi connectivity index (χ1) is 10.3. The fraction of sp³-hybridized carbons (Fsp3) is 0.167. The van der Waals surface area contributed by atoms with Crippen LogP contribution in [0.15, 0.2) is 48.5 Å². The van der Waals surface area contributed by atoms with E-state index in [1.165, 1.54) is 21.2 Å². The third-order valence-electron chi connectivity index (χ3n) is 3.66. The van der Waals surface area contributed by atoms with Gasteiger partial charge in [-0.15, -0.1) is 11.3 Å². The molecule has 2 nitrogen and oxygen atoms in total. The van der Waals surface area contributed by atoms with Crippen LogP contribution in [0.1, 0.15) is 20.8 Å². The molecule has 0 unspecified atom stereocenters. The van der Waals surface area contributed by atoms with Gasteiger partial charge in [-0.3, -0.25) is 4.79 Å². The average Bonchev–Trinajstić information content (AvgIpc) is 2.91. The molecule has 0 aliphatic heterocycles. The van der Waals surface area contributed by atoms with Crippen molar-refractivity contribution in [1.82, 2.24) is 0 Å². The van der Waals surface area contributed by atoms with E-state index in [0.717, 1.165) is 29.8 Å². The van der Waals surface area contributed by atoms with Crippen LogP contribution in [0.25, 0.3) is 10.1 Å². The molecule has 0 fully saturated rings. The van der Waals surface area contributed by atoms with Crippen LogP contribution in [-0.2, 0) is 12.8 Å². The first kappa shape index (κ1) is 13.8. The van der Waals surface area contributed by atoms with E-state index in [-0.39, 0.29) is 0 Å². The lowest BCUT2D eigenvalue weighted by Crippen LogP contribution is -1.94. The minimum atomic E-state index is 0.852. The van der Waals surface area contributed by atoms with Gasteiger partial charge in [0.1, 0.15) is 5.75 Å². The lowest BCUT2D eigenvalue weighted by molar-refractivity contribution is 0.112. The number of aryl methyl sites for hydroxylation is 2. The van der Waals surface area contributed by atoms with E-state index in [4.69, 9.17) is 4.74 Å². The molecule has 0 radical (unpaired) electrons. The molecule has 0 aliphatic rings. The zero-order valence-electron chi connectivity index (χ0n) is 11.8. The van der Waals surface area contributed by atoms with Gasteiger partial charge in [0.25, 0.3) is 0 Å². The lowest BCUT2D eigenvalue weighted by Gasteiger charge is -2.04. The topological polar surface area (TPSA) is 26.3 Å². The van der Waals surface area contributed by atoms with Gasteiger partial charge in [0.05, 0.1) is 12.0 Å². The van der Waals surface area contributed by atoms with Gasteiger partial charge in [0.15, 0.2) is 6.29 Å². The van der Waals surface area contributed by atoms with Gasteiger partial charge in [-0.2, -0.15) is 0 Å². The number of rotatable bonds is 5. The van der Waals surface area contributed by atoms with Crippen LogP contribution in [0.5, 0.6) is 5.75 Å². The summed E-state index contributed by atoms with van der Waals surface area (Å²) in [6, 6.07) is 16.3. The smallest absolute Gasteiger partial charge is 0.160 e. The minimum Gasteiger partial charge on any atom is -0.497 e. The Bertz CT molecular complexity index is 756. The number of thiophene rings is 1. The highest BCUT2D eigenvalue weighted by Gasteiger charge is 2.11. The van der Waals surface area contributed by atoms with Gasteiger partial charge in [0, 0.05) is 4.70 Å². The number of hydrogen-bond acceptors (Lipinski definition) is 3. The van der Waals surface area contributed by atoms with Gasteiger partial charge >= 0.3 is 0 Å². The standard InChI is InChI=1S/C18H16O2S/c1-20-14-9-6-13(7-10-14)8-11-16-15-4-2-3-5-17(15)21-18(16)12-19/h2-7,9-10,12H,8,11H2,1H3. The number of ether oxygens (including phenoxy) is 1. The van der Waals surface area contributed by atoms with E-state index in [1.54, 1.807) is 18.4 Å². The van der Waals surface area contributed by atoms with E-state index in [2.05, 4.69) is 24.3 Å². The second-order valence-corrected chi connectivity index (χ2v) is 5.99. The molecule has 2 aromatic carbocycles. The number of aldehydes is 1. The van der Waals surface area contributed by atoms with Crippen LogP contribution in [0.2, 0.25) is 0 Å². The highest BCUT2D eigenvalue weighted by Crippen LogP contribution is 2.31. The average molecular weight is 296 g/mol. The molecule has 3 aromatic rings. The van der Waals surface area contributed by atoms with Gasteiger partial charge in [0.2, 0.25) is 0 Å². The van der Waals surface area contributed by atoms with E-state index in [1.807, 2.05) is 24.3 Å². The van der Waals surface area contributed by atoms with Crippen molar-refractivity contribution >= 4 is 27.7 Å². The van der Waals surface area contributed by atoms with Crippen molar-refractivity contribution < 1.29 is 9.53 Å². The van der Waals surface area contributed by atoms with Crippen molar-refractivity contribution in [3.8, 4) is 5.75 Å². The Morgan fingerprint density at radius 2 is 1.81 bits per heavy atom. The first-order valence-electron chi connectivity index (χ1n) is 6.90. The molecule has 3 heteroatoms. The molecule has 0 saturated heterocycles. The number of fused-ring (bicyclic) bond motifs is 1. The van der Waals surface area contributed by atoms with Crippen LogP contribution in [0.4, 0.5) is 0 Å². The van der Waals surface area contributed by atoms with Crippen LogP contribution >= 0.6 is 11.3 Å². The summed E-state index contributed by atoms with van der Waals surface area (Å²) < 4.78 is 6.35. The molecule has 106 valence electrons. The van der Waals surface area contributed by atoms with E-state index < -0.39 is 0 Å². The third-order valence-corrected chi connectivity index (χ3v) is 4.80. The molecule has 0 saturated carbocycles. The number of benzene rings is 2. The quantitative estimate of drug-likeness (QED) is 0.648.